The largest absolute Gasteiger partial charge is 0.497 e. The van der Waals surface area contributed by atoms with Crippen LogP contribution in [0.15, 0.2) is 77.8 Å². The minimum Gasteiger partial charge on any atom is -0.497 e. The Morgan fingerprint density at radius 1 is 1.06 bits per heavy atom. The van der Waals surface area contributed by atoms with Crippen molar-refractivity contribution in [3.8, 4) is 11.5 Å². The van der Waals surface area contributed by atoms with E-state index in [2.05, 4.69) is 4.99 Å². The third-order valence-corrected chi connectivity index (χ3v) is 5.58. The number of nitro groups is 1. The Labute approximate surface area is 202 Å². The Morgan fingerprint density at radius 3 is 2.43 bits per heavy atom. The number of non-ortho nitro benzene ring substituents is 1. The lowest BCUT2D eigenvalue weighted by Crippen LogP contribution is -2.39. The summed E-state index contributed by atoms with van der Waals surface area (Å²) >= 11 is 0. The van der Waals surface area contributed by atoms with Gasteiger partial charge in [0.2, 0.25) is 0 Å². The number of benzene rings is 3. The number of nitro benzene ring substituents is 1. The molecule has 3 aromatic carbocycles. The second-order valence-electron chi connectivity index (χ2n) is 8.00. The third-order valence-electron chi connectivity index (χ3n) is 5.58. The van der Waals surface area contributed by atoms with Crippen LogP contribution in [0.2, 0.25) is 0 Å². The monoisotopic (exact) mass is 475 g/mol. The molecule has 0 aromatic heterocycles. The average molecular weight is 476 g/mol. The number of rotatable bonds is 9. The molecule has 9 heteroatoms. The molecule has 35 heavy (non-hydrogen) atoms. The molecule has 0 spiro atoms. The van der Waals surface area contributed by atoms with Crippen molar-refractivity contribution >= 4 is 17.5 Å². The van der Waals surface area contributed by atoms with Gasteiger partial charge in [-0.1, -0.05) is 24.3 Å². The maximum absolute atomic E-state index is 12.8. The van der Waals surface area contributed by atoms with Gasteiger partial charge in [0.05, 0.1) is 30.7 Å². The molecule has 0 fully saturated rings. The summed E-state index contributed by atoms with van der Waals surface area (Å²) in [4.78, 5) is 29.8. The molecule has 180 valence electrons. The Bertz CT molecular complexity index is 1220. The Morgan fingerprint density at radius 2 is 1.74 bits per heavy atom. The molecule has 0 N–H and O–H groups in total. The zero-order valence-electron chi connectivity index (χ0n) is 19.4. The fraction of sp³-hybridized carbons (Fsp3) is 0.231. The summed E-state index contributed by atoms with van der Waals surface area (Å²) in [6.07, 6.45) is -0.639. The van der Waals surface area contributed by atoms with Crippen molar-refractivity contribution in [1.82, 2.24) is 4.90 Å². The summed E-state index contributed by atoms with van der Waals surface area (Å²) in [5.74, 6) is 1.54. The Balaban J connectivity index is 1.48. The summed E-state index contributed by atoms with van der Waals surface area (Å²) in [5, 5.41) is 10.9. The minimum absolute atomic E-state index is 0.0985. The highest BCUT2D eigenvalue weighted by Crippen LogP contribution is 2.22. The van der Waals surface area contributed by atoms with Gasteiger partial charge in [-0.3, -0.25) is 15.1 Å². The highest BCUT2D eigenvalue weighted by atomic mass is 16.6. The van der Waals surface area contributed by atoms with Crippen molar-refractivity contribution in [2.24, 2.45) is 4.99 Å². The van der Waals surface area contributed by atoms with Crippen LogP contribution in [0, 0.1) is 10.1 Å². The van der Waals surface area contributed by atoms with Crippen LogP contribution in [-0.2, 0) is 11.3 Å². The average Bonchev–Trinajstić information content (AvgIpc) is 3.32. The number of likely N-dealkylation sites (N-methyl/N-ethyl adjacent to an activating group) is 1. The molecule has 4 rings (SSSR count). The van der Waals surface area contributed by atoms with Crippen LogP contribution in [0.4, 0.5) is 5.69 Å². The molecule has 3 aromatic rings. The van der Waals surface area contributed by atoms with Crippen molar-refractivity contribution < 1.29 is 23.9 Å². The molecule has 1 heterocycles. The van der Waals surface area contributed by atoms with Crippen LogP contribution in [0.3, 0.4) is 0 Å². The van der Waals surface area contributed by atoms with Crippen molar-refractivity contribution in [2.45, 2.75) is 12.6 Å². The maximum Gasteiger partial charge on any atom is 0.338 e. The van der Waals surface area contributed by atoms with Gasteiger partial charge >= 0.3 is 5.97 Å². The second-order valence-corrected chi connectivity index (χ2v) is 8.00. The summed E-state index contributed by atoms with van der Waals surface area (Å²) in [7, 11) is 3.48. The SMILES string of the molecule is COc1ccc(OCC(CN(C)C2=NCc3ccccc32)OC(=O)c2ccc([N+](=O)[O-])cc2)cc1. The highest BCUT2D eigenvalue weighted by molar-refractivity contribution is 6.01. The van der Waals surface area contributed by atoms with Gasteiger partial charge in [0.15, 0.2) is 6.10 Å². The zero-order chi connectivity index (χ0) is 24.8. The molecule has 0 aliphatic carbocycles. The van der Waals surface area contributed by atoms with E-state index in [1.165, 1.54) is 24.3 Å². The number of esters is 1. The number of methoxy groups -OCH3 is 1. The van der Waals surface area contributed by atoms with Crippen LogP contribution in [-0.4, -0.2) is 55.0 Å². The van der Waals surface area contributed by atoms with E-state index in [0.29, 0.717) is 24.6 Å². The van der Waals surface area contributed by atoms with Gasteiger partial charge in [-0.2, -0.15) is 0 Å². The van der Waals surface area contributed by atoms with E-state index in [4.69, 9.17) is 14.2 Å². The molecule has 1 aliphatic rings. The van der Waals surface area contributed by atoms with Gasteiger partial charge in [-0.15, -0.1) is 0 Å². The number of fused-ring (bicyclic) bond motifs is 1. The van der Waals surface area contributed by atoms with Crippen molar-refractivity contribution in [1.29, 1.82) is 0 Å². The topological polar surface area (TPSA) is 104 Å². The van der Waals surface area contributed by atoms with Gasteiger partial charge in [0.25, 0.3) is 5.69 Å². The van der Waals surface area contributed by atoms with Crippen molar-refractivity contribution in [3.63, 3.8) is 0 Å². The zero-order valence-corrected chi connectivity index (χ0v) is 19.4. The van der Waals surface area contributed by atoms with E-state index >= 15 is 0 Å². The first-order chi connectivity index (χ1) is 16.9. The summed E-state index contributed by atoms with van der Waals surface area (Å²) < 4.78 is 16.8. The number of hydrogen-bond donors (Lipinski definition) is 0. The number of hydrogen-bond acceptors (Lipinski definition) is 8. The van der Waals surface area contributed by atoms with E-state index in [0.717, 1.165) is 17.0 Å². The van der Waals surface area contributed by atoms with Crippen molar-refractivity contribution in [3.05, 3.63) is 99.6 Å². The second kappa shape index (κ2) is 10.7. The number of carbonyl (C=O) groups excluding carboxylic acids is 1. The van der Waals surface area contributed by atoms with E-state index in [-0.39, 0.29) is 17.9 Å². The molecule has 1 atom stereocenters. The smallest absolute Gasteiger partial charge is 0.338 e. The van der Waals surface area contributed by atoms with E-state index in [9.17, 15) is 14.9 Å². The fourth-order valence-corrected chi connectivity index (χ4v) is 3.76. The Kier molecular flexibility index (Phi) is 7.25. The van der Waals surface area contributed by atoms with Crippen LogP contribution in [0.25, 0.3) is 0 Å². The standard InChI is InChI=1S/C26H25N3O6/c1-28(25-24-6-4-3-5-19(24)15-27-25)16-23(17-34-22-13-11-21(33-2)12-14-22)35-26(30)18-7-9-20(10-8-18)29(31)32/h3-14,23H,15-17H2,1-2H3. The number of ether oxygens (including phenoxy) is 3. The molecule has 0 saturated heterocycles. The molecule has 1 aliphatic heterocycles. The van der Waals surface area contributed by atoms with Crippen LogP contribution >= 0.6 is 0 Å². The van der Waals surface area contributed by atoms with Crippen LogP contribution in [0.1, 0.15) is 21.5 Å². The lowest BCUT2D eigenvalue weighted by Gasteiger charge is -2.26. The fourth-order valence-electron chi connectivity index (χ4n) is 3.76. The first-order valence-corrected chi connectivity index (χ1v) is 11.0. The van der Waals surface area contributed by atoms with E-state index < -0.39 is 17.0 Å². The van der Waals surface area contributed by atoms with Gasteiger partial charge in [0.1, 0.15) is 23.9 Å². The highest BCUT2D eigenvalue weighted by Gasteiger charge is 2.24. The molecule has 0 radical (unpaired) electrons. The van der Waals surface area contributed by atoms with Crippen LogP contribution in [0.5, 0.6) is 11.5 Å². The molecule has 0 saturated carbocycles. The molecule has 0 amide bonds. The van der Waals surface area contributed by atoms with Gasteiger partial charge < -0.3 is 19.1 Å². The molecular formula is C26H25N3O6. The van der Waals surface area contributed by atoms with Gasteiger partial charge in [-0.05, 0) is 42.0 Å². The number of carbonyl (C=O) groups is 1. The lowest BCUT2D eigenvalue weighted by molar-refractivity contribution is -0.384. The molecular weight excluding hydrogens is 450 g/mol. The van der Waals surface area contributed by atoms with Gasteiger partial charge in [0, 0.05) is 24.7 Å². The molecule has 1 unspecified atom stereocenters. The van der Waals surface area contributed by atoms with Crippen molar-refractivity contribution in [2.75, 3.05) is 27.3 Å². The first-order valence-electron chi connectivity index (χ1n) is 11.0. The quantitative estimate of drug-likeness (QED) is 0.261. The van der Waals surface area contributed by atoms with E-state index in [1.54, 1.807) is 31.4 Å². The van der Waals surface area contributed by atoms with Gasteiger partial charge in [-0.25, -0.2) is 4.79 Å². The first kappa shape index (κ1) is 23.7. The molecule has 0 bridgehead atoms. The Hall–Kier alpha value is -4.40. The summed E-state index contributed by atoms with van der Waals surface area (Å²) in [6, 6.07) is 20.4. The minimum atomic E-state index is -0.639. The normalized spacial score (nSPS) is 12.8. The molecule has 9 nitrogen and oxygen atoms in total. The number of nitrogens with zero attached hydrogens (tertiary/aromatic N) is 3. The maximum atomic E-state index is 12.8. The third kappa shape index (κ3) is 5.75. The summed E-state index contributed by atoms with van der Waals surface area (Å²) in [6.45, 7) is 1.04. The lowest BCUT2D eigenvalue weighted by atomic mass is 10.1. The van der Waals surface area contributed by atoms with E-state index in [1.807, 2.05) is 36.2 Å². The predicted octanol–water partition coefficient (Wildman–Crippen LogP) is 4.10. The summed E-state index contributed by atoms with van der Waals surface area (Å²) in [5.41, 5.74) is 2.31. The predicted molar refractivity (Wildman–Crippen MR) is 130 cm³/mol. The number of amidine groups is 1. The van der Waals surface area contributed by atoms with Crippen LogP contribution < -0.4 is 9.47 Å². The number of aliphatic imine (C=N–C) groups is 1.